The Morgan fingerprint density at radius 3 is 2.53 bits per heavy atom. The quantitative estimate of drug-likeness (QED) is 0.896. The van der Waals surface area contributed by atoms with E-state index in [2.05, 4.69) is 10.1 Å². The van der Waals surface area contributed by atoms with Crippen LogP contribution in [0.25, 0.3) is 0 Å². The van der Waals surface area contributed by atoms with Crippen LogP contribution in [0.3, 0.4) is 0 Å². The van der Waals surface area contributed by atoms with Crippen molar-refractivity contribution < 1.29 is 22.7 Å². The number of ether oxygens (including phenoxy) is 1. The van der Waals surface area contributed by atoms with Crippen molar-refractivity contribution >= 4 is 11.8 Å². The Hall–Kier alpha value is -1.72. The zero-order chi connectivity index (χ0) is 14.6. The van der Waals surface area contributed by atoms with E-state index in [0.29, 0.717) is 5.69 Å². The van der Waals surface area contributed by atoms with Gasteiger partial charge in [-0.1, -0.05) is 32.0 Å². The molecule has 0 bridgehead atoms. The second-order valence-electron chi connectivity index (χ2n) is 4.51. The van der Waals surface area contributed by atoms with Gasteiger partial charge in [0.05, 0.1) is 5.69 Å². The van der Waals surface area contributed by atoms with E-state index in [1.807, 2.05) is 26.0 Å². The van der Waals surface area contributed by atoms with Crippen LogP contribution in [-0.4, -0.2) is 18.9 Å². The number of anilines is 1. The largest absolute Gasteiger partial charge is 0.440 e. The first-order valence-electron chi connectivity index (χ1n) is 5.80. The lowest BCUT2D eigenvalue weighted by atomic mass is 9.98. The van der Waals surface area contributed by atoms with Gasteiger partial charge >= 0.3 is 12.3 Å². The van der Waals surface area contributed by atoms with E-state index >= 15 is 0 Å². The van der Waals surface area contributed by atoms with Gasteiger partial charge in [0, 0.05) is 0 Å². The summed E-state index contributed by atoms with van der Waals surface area (Å²) in [6.07, 6.45) is -5.63. The number of hydrogen-bond donors (Lipinski definition) is 1. The van der Waals surface area contributed by atoms with Gasteiger partial charge in [-0.05, 0) is 24.0 Å². The molecule has 1 amide bonds. The molecule has 0 atom stereocenters. The third-order valence-electron chi connectivity index (χ3n) is 2.52. The summed E-state index contributed by atoms with van der Waals surface area (Å²) in [6.45, 7) is 4.04. The normalized spacial score (nSPS) is 11.5. The first-order chi connectivity index (χ1) is 8.70. The van der Waals surface area contributed by atoms with Crippen LogP contribution in [0.4, 0.5) is 23.7 Å². The first kappa shape index (κ1) is 15.3. The summed E-state index contributed by atoms with van der Waals surface area (Å²) >= 11 is 0. The monoisotopic (exact) mass is 275 g/mol. The second-order valence-corrected chi connectivity index (χ2v) is 4.51. The third-order valence-corrected chi connectivity index (χ3v) is 2.52. The Bertz CT molecular complexity index is 456. The molecule has 0 saturated heterocycles. The highest BCUT2D eigenvalue weighted by molar-refractivity contribution is 5.87. The van der Waals surface area contributed by atoms with Crippen molar-refractivity contribution in [2.24, 2.45) is 0 Å². The zero-order valence-electron chi connectivity index (χ0n) is 11.0. The van der Waals surface area contributed by atoms with Crippen molar-refractivity contribution in [1.82, 2.24) is 0 Å². The number of rotatable bonds is 3. The highest BCUT2D eigenvalue weighted by atomic mass is 19.4. The highest BCUT2D eigenvalue weighted by Crippen LogP contribution is 2.27. The SMILES string of the molecule is Cc1cccc(C(C)C)c1NC(=O)OCC(F)(F)F. The maximum atomic E-state index is 11.9. The number of carbonyl (C=O) groups is 1. The van der Waals surface area contributed by atoms with E-state index in [0.717, 1.165) is 11.1 Å². The van der Waals surface area contributed by atoms with Crippen molar-refractivity contribution in [3.05, 3.63) is 29.3 Å². The topological polar surface area (TPSA) is 38.3 Å². The summed E-state index contributed by atoms with van der Waals surface area (Å²) in [5.74, 6) is 0.137. The molecule has 0 fully saturated rings. The maximum absolute atomic E-state index is 11.9. The van der Waals surface area contributed by atoms with Crippen LogP contribution in [0.5, 0.6) is 0 Å². The highest BCUT2D eigenvalue weighted by Gasteiger charge is 2.29. The summed E-state index contributed by atoms with van der Waals surface area (Å²) < 4.78 is 39.9. The number of carbonyl (C=O) groups excluding carboxylic acids is 1. The molecule has 0 aliphatic heterocycles. The smallest absolute Gasteiger partial charge is 0.422 e. The molecule has 3 nitrogen and oxygen atoms in total. The number of aryl methyl sites for hydroxylation is 1. The minimum atomic E-state index is -4.52. The van der Waals surface area contributed by atoms with Gasteiger partial charge in [0.15, 0.2) is 6.61 Å². The average Bonchev–Trinajstić information content (AvgIpc) is 2.28. The molecule has 0 heterocycles. The summed E-state index contributed by atoms with van der Waals surface area (Å²) in [5, 5.41) is 2.37. The van der Waals surface area contributed by atoms with E-state index in [-0.39, 0.29) is 5.92 Å². The van der Waals surface area contributed by atoms with E-state index in [9.17, 15) is 18.0 Å². The molecule has 0 aliphatic rings. The van der Waals surface area contributed by atoms with Crippen molar-refractivity contribution in [2.45, 2.75) is 32.9 Å². The van der Waals surface area contributed by atoms with Crippen LogP contribution in [0.1, 0.15) is 30.9 Å². The van der Waals surface area contributed by atoms with E-state index in [4.69, 9.17) is 0 Å². The lowest BCUT2D eigenvalue weighted by molar-refractivity contribution is -0.159. The molecule has 0 aliphatic carbocycles. The number of benzene rings is 1. The Morgan fingerprint density at radius 1 is 1.37 bits per heavy atom. The second kappa shape index (κ2) is 5.95. The van der Waals surface area contributed by atoms with Crippen molar-refractivity contribution in [1.29, 1.82) is 0 Å². The molecule has 1 rings (SSSR count). The predicted molar refractivity (Wildman–Crippen MR) is 66.3 cm³/mol. The van der Waals surface area contributed by atoms with Gasteiger partial charge in [-0.15, -0.1) is 0 Å². The summed E-state index contributed by atoms with van der Waals surface area (Å²) in [6, 6.07) is 5.42. The molecule has 1 aromatic rings. The molecule has 106 valence electrons. The Kier molecular flexibility index (Phi) is 4.80. The molecule has 0 saturated carbocycles. The van der Waals surface area contributed by atoms with Gasteiger partial charge in [0.1, 0.15) is 0 Å². The number of nitrogens with one attached hydrogen (secondary N) is 1. The minimum absolute atomic E-state index is 0.137. The third kappa shape index (κ3) is 4.81. The summed E-state index contributed by atoms with van der Waals surface area (Å²) in [4.78, 5) is 11.4. The number of halogens is 3. The molecule has 6 heteroatoms. The summed E-state index contributed by atoms with van der Waals surface area (Å²) in [5.41, 5.74) is 2.13. The van der Waals surface area contributed by atoms with Crippen LogP contribution in [0.15, 0.2) is 18.2 Å². The van der Waals surface area contributed by atoms with Crippen molar-refractivity contribution in [3.8, 4) is 0 Å². The van der Waals surface area contributed by atoms with Crippen LogP contribution in [0.2, 0.25) is 0 Å². The van der Waals surface area contributed by atoms with Crippen molar-refractivity contribution in [2.75, 3.05) is 11.9 Å². The predicted octanol–water partition coefficient (Wildman–Crippen LogP) is 4.23. The molecule has 0 radical (unpaired) electrons. The number of para-hydroxylation sites is 1. The molecule has 0 aromatic heterocycles. The molecular formula is C13H16F3NO2. The van der Waals surface area contributed by atoms with Crippen LogP contribution in [0, 0.1) is 6.92 Å². The van der Waals surface area contributed by atoms with E-state index in [1.54, 1.807) is 13.0 Å². The van der Waals surface area contributed by atoms with Crippen LogP contribution >= 0.6 is 0 Å². The molecule has 19 heavy (non-hydrogen) atoms. The van der Waals surface area contributed by atoms with Crippen LogP contribution < -0.4 is 5.32 Å². The lowest BCUT2D eigenvalue weighted by Gasteiger charge is -2.16. The number of alkyl halides is 3. The van der Waals surface area contributed by atoms with Crippen molar-refractivity contribution in [3.63, 3.8) is 0 Å². The van der Waals surface area contributed by atoms with E-state index in [1.165, 1.54) is 0 Å². The van der Waals surface area contributed by atoms with Gasteiger partial charge in [-0.2, -0.15) is 13.2 Å². The van der Waals surface area contributed by atoms with E-state index < -0.39 is 18.9 Å². The Morgan fingerprint density at radius 2 is 2.00 bits per heavy atom. The van der Waals surface area contributed by atoms with Gasteiger partial charge in [0.2, 0.25) is 0 Å². The first-order valence-corrected chi connectivity index (χ1v) is 5.80. The zero-order valence-corrected chi connectivity index (χ0v) is 11.0. The molecule has 0 spiro atoms. The van der Waals surface area contributed by atoms with Crippen LogP contribution in [-0.2, 0) is 4.74 Å². The molecule has 1 aromatic carbocycles. The fourth-order valence-corrected chi connectivity index (χ4v) is 1.63. The fourth-order valence-electron chi connectivity index (χ4n) is 1.63. The molecular weight excluding hydrogens is 259 g/mol. The maximum Gasteiger partial charge on any atom is 0.422 e. The molecule has 0 unspecified atom stereocenters. The standard InChI is InChI=1S/C13H16F3NO2/c1-8(2)10-6-4-5-9(3)11(10)17-12(18)19-7-13(14,15)16/h4-6,8H,7H2,1-3H3,(H,17,18). The minimum Gasteiger partial charge on any atom is -0.440 e. The molecule has 1 N–H and O–H groups in total. The Balaban J connectivity index is 2.79. The fraction of sp³-hybridized carbons (Fsp3) is 0.462. The lowest BCUT2D eigenvalue weighted by Crippen LogP contribution is -2.24. The van der Waals surface area contributed by atoms with Gasteiger partial charge in [0.25, 0.3) is 0 Å². The number of hydrogen-bond acceptors (Lipinski definition) is 2. The summed E-state index contributed by atoms with van der Waals surface area (Å²) in [7, 11) is 0. The van der Waals surface area contributed by atoms with Gasteiger partial charge in [-0.3, -0.25) is 5.32 Å². The Labute approximate surface area is 109 Å². The number of amides is 1. The van der Waals surface area contributed by atoms with Gasteiger partial charge in [-0.25, -0.2) is 4.79 Å². The average molecular weight is 275 g/mol. The van der Waals surface area contributed by atoms with Gasteiger partial charge < -0.3 is 4.74 Å².